The molecule has 0 radical (unpaired) electrons. The van der Waals surface area contributed by atoms with Crippen molar-refractivity contribution >= 4 is 5.91 Å². The molecule has 1 amide bonds. The van der Waals surface area contributed by atoms with Gasteiger partial charge in [0.25, 0.3) is 5.91 Å². The Balaban J connectivity index is 0.000000396. The van der Waals surface area contributed by atoms with Gasteiger partial charge in [-0.25, -0.2) is 0 Å². The standard InChI is InChI=1S/C8H8N2O.C2H4/c1-5-7-4-10-8(11)6(7)2-3-9-5;1-2/h2-3H,4H2,1H3,(H,10,11);1-2H2. The smallest absolute Gasteiger partial charge is 0.252 e. The van der Waals surface area contributed by atoms with Crippen LogP contribution in [0.4, 0.5) is 0 Å². The molecule has 3 nitrogen and oxygen atoms in total. The van der Waals surface area contributed by atoms with E-state index in [2.05, 4.69) is 23.5 Å². The van der Waals surface area contributed by atoms with E-state index in [9.17, 15) is 4.79 Å². The molecule has 1 N–H and O–H groups in total. The zero-order chi connectivity index (χ0) is 9.84. The van der Waals surface area contributed by atoms with Crippen LogP contribution in [0.25, 0.3) is 0 Å². The first-order chi connectivity index (χ1) is 6.29. The SMILES string of the molecule is C=C.Cc1nccc2c1CNC2=O. The Morgan fingerprint density at radius 3 is 2.85 bits per heavy atom. The quantitative estimate of drug-likeness (QED) is 0.608. The maximum absolute atomic E-state index is 11.1. The molecule has 2 rings (SSSR count). The van der Waals surface area contributed by atoms with Crippen molar-refractivity contribution in [1.82, 2.24) is 10.3 Å². The first kappa shape index (κ1) is 9.45. The number of pyridine rings is 1. The van der Waals surface area contributed by atoms with Gasteiger partial charge in [-0.05, 0) is 13.0 Å². The summed E-state index contributed by atoms with van der Waals surface area (Å²) in [5.41, 5.74) is 2.76. The largest absolute Gasteiger partial charge is 0.348 e. The highest BCUT2D eigenvalue weighted by Gasteiger charge is 2.19. The van der Waals surface area contributed by atoms with E-state index in [0.717, 1.165) is 16.8 Å². The van der Waals surface area contributed by atoms with Gasteiger partial charge in [0.1, 0.15) is 0 Å². The predicted molar refractivity (Wildman–Crippen MR) is 51.4 cm³/mol. The van der Waals surface area contributed by atoms with Crippen LogP contribution in [0.3, 0.4) is 0 Å². The first-order valence-electron chi connectivity index (χ1n) is 4.02. The van der Waals surface area contributed by atoms with Crippen LogP contribution in [0.15, 0.2) is 25.4 Å². The molecular weight excluding hydrogens is 164 g/mol. The van der Waals surface area contributed by atoms with E-state index < -0.39 is 0 Å². The van der Waals surface area contributed by atoms with E-state index in [-0.39, 0.29) is 5.91 Å². The molecule has 0 fully saturated rings. The molecule has 2 heterocycles. The number of aryl methyl sites for hydroxylation is 1. The highest BCUT2D eigenvalue weighted by Crippen LogP contribution is 2.16. The number of carbonyl (C=O) groups excluding carboxylic acids is 1. The molecule has 0 aromatic carbocycles. The Morgan fingerprint density at radius 1 is 1.54 bits per heavy atom. The van der Waals surface area contributed by atoms with Crippen molar-refractivity contribution in [2.75, 3.05) is 0 Å². The van der Waals surface area contributed by atoms with Crippen molar-refractivity contribution in [2.24, 2.45) is 0 Å². The number of hydrogen-bond donors (Lipinski definition) is 1. The lowest BCUT2D eigenvalue weighted by Crippen LogP contribution is -2.12. The topological polar surface area (TPSA) is 42.0 Å². The minimum atomic E-state index is 0.0190. The summed E-state index contributed by atoms with van der Waals surface area (Å²) in [5, 5.41) is 2.75. The summed E-state index contributed by atoms with van der Waals surface area (Å²) >= 11 is 0. The third kappa shape index (κ3) is 1.59. The van der Waals surface area contributed by atoms with E-state index >= 15 is 0 Å². The van der Waals surface area contributed by atoms with Crippen LogP contribution in [0, 0.1) is 6.92 Å². The van der Waals surface area contributed by atoms with Gasteiger partial charge < -0.3 is 5.32 Å². The van der Waals surface area contributed by atoms with Gasteiger partial charge in [-0.15, -0.1) is 13.2 Å². The summed E-state index contributed by atoms with van der Waals surface area (Å²) < 4.78 is 0. The zero-order valence-electron chi connectivity index (χ0n) is 7.63. The predicted octanol–water partition coefficient (Wildman–Crippen LogP) is 1.44. The Bertz CT molecular complexity index is 334. The van der Waals surface area contributed by atoms with Crippen LogP contribution in [-0.4, -0.2) is 10.9 Å². The maximum Gasteiger partial charge on any atom is 0.252 e. The Kier molecular flexibility index (Phi) is 2.80. The number of carbonyl (C=O) groups is 1. The number of rotatable bonds is 0. The van der Waals surface area contributed by atoms with Crippen molar-refractivity contribution in [3.63, 3.8) is 0 Å². The molecule has 0 saturated heterocycles. The van der Waals surface area contributed by atoms with E-state index in [1.54, 1.807) is 12.3 Å². The van der Waals surface area contributed by atoms with Crippen molar-refractivity contribution in [1.29, 1.82) is 0 Å². The summed E-state index contributed by atoms with van der Waals surface area (Å²) in [6.07, 6.45) is 1.67. The fourth-order valence-corrected chi connectivity index (χ4v) is 1.30. The van der Waals surface area contributed by atoms with Crippen LogP contribution < -0.4 is 5.32 Å². The van der Waals surface area contributed by atoms with Crippen LogP contribution in [0.1, 0.15) is 21.6 Å². The molecule has 68 valence electrons. The van der Waals surface area contributed by atoms with Crippen LogP contribution in [-0.2, 0) is 6.54 Å². The van der Waals surface area contributed by atoms with E-state index in [4.69, 9.17) is 0 Å². The maximum atomic E-state index is 11.1. The molecule has 1 aliphatic rings. The second-order valence-corrected chi connectivity index (χ2v) is 2.61. The molecule has 1 aromatic heterocycles. The van der Waals surface area contributed by atoms with Gasteiger partial charge in [-0.2, -0.15) is 0 Å². The fraction of sp³-hybridized carbons (Fsp3) is 0.200. The number of aromatic nitrogens is 1. The zero-order valence-corrected chi connectivity index (χ0v) is 7.63. The molecule has 1 aliphatic heterocycles. The van der Waals surface area contributed by atoms with Crippen LogP contribution in [0.5, 0.6) is 0 Å². The van der Waals surface area contributed by atoms with Crippen molar-refractivity contribution in [2.45, 2.75) is 13.5 Å². The van der Waals surface area contributed by atoms with Crippen LogP contribution in [0.2, 0.25) is 0 Å². The lowest BCUT2D eigenvalue weighted by atomic mass is 10.1. The highest BCUT2D eigenvalue weighted by molar-refractivity contribution is 5.98. The average molecular weight is 176 g/mol. The third-order valence-corrected chi connectivity index (χ3v) is 1.94. The van der Waals surface area contributed by atoms with Crippen molar-refractivity contribution in [3.05, 3.63) is 42.2 Å². The summed E-state index contributed by atoms with van der Waals surface area (Å²) in [7, 11) is 0. The highest BCUT2D eigenvalue weighted by atomic mass is 16.1. The minimum absolute atomic E-state index is 0.0190. The van der Waals surface area contributed by atoms with Gasteiger partial charge in [-0.1, -0.05) is 0 Å². The van der Waals surface area contributed by atoms with Gasteiger partial charge in [0.15, 0.2) is 0 Å². The fourth-order valence-electron chi connectivity index (χ4n) is 1.30. The Morgan fingerprint density at radius 2 is 2.23 bits per heavy atom. The minimum Gasteiger partial charge on any atom is -0.348 e. The van der Waals surface area contributed by atoms with Gasteiger partial charge in [-0.3, -0.25) is 9.78 Å². The molecule has 13 heavy (non-hydrogen) atoms. The van der Waals surface area contributed by atoms with Crippen molar-refractivity contribution < 1.29 is 4.79 Å². The number of nitrogens with one attached hydrogen (secondary N) is 1. The molecule has 0 unspecified atom stereocenters. The Hall–Kier alpha value is -1.64. The van der Waals surface area contributed by atoms with E-state index in [1.165, 1.54) is 0 Å². The Labute approximate surface area is 77.5 Å². The first-order valence-corrected chi connectivity index (χ1v) is 4.02. The van der Waals surface area contributed by atoms with Gasteiger partial charge in [0.05, 0.1) is 0 Å². The normalized spacial score (nSPS) is 12.5. The molecule has 0 aliphatic carbocycles. The molecular formula is C10H12N2O. The second kappa shape index (κ2) is 3.85. The monoisotopic (exact) mass is 176 g/mol. The van der Waals surface area contributed by atoms with Gasteiger partial charge >= 0.3 is 0 Å². The number of nitrogens with zero attached hydrogens (tertiary/aromatic N) is 1. The van der Waals surface area contributed by atoms with Gasteiger partial charge in [0.2, 0.25) is 0 Å². The van der Waals surface area contributed by atoms with Gasteiger partial charge in [0, 0.05) is 29.6 Å². The van der Waals surface area contributed by atoms with Crippen LogP contribution >= 0.6 is 0 Å². The second-order valence-electron chi connectivity index (χ2n) is 2.61. The number of hydrogen-bond acceptors (Lipinski definition) is 2. The summed E-state index contributed by atoms with van der Waals surface area (Å²) in [6.45, 7) is 8.55. The summed E-state index contributed by atoms with van der Waals surface area (Å²) in [6, 6.07) is 1.75. The molecule has 0 atom stereocenters. The molecule has 0 spiro atoms. The van der Waals surface area contributed by atoms with Crippen molar-refractivity contribution in [3.8, 4) is 0 Å². The molecule has 3 heteroatoms. The molecule has 0 saturated carbocycles. The third-order valence-electron chi connectivity index (χ3n) is 1.94. The molecule has 0 bridgehead atoms. The van der Waals surface area contributed by atoms with E-state index in [0.29, 0.717) is 6.54 Å². The molecule has 1 aromatic rings. The lowest BCUT2D eigenvalue weighted by Gasteiger charge is -1.96. The summed E-state index contributed by atoms with van der Waals surface area (Å²) in [4.78, 5) is 15.2. The van der Waals surface area contributed by atoms with E-state index in [1.807, 2.05) is 6.92 Å². The number of fused-ring (bicyclic) bond motifs is 1. The number of amides is 1. The summed E-state index contributed by atoms with van der Waals surface area (Å²) in [5.74, 6) is 0.0190. The average Bonchev–Trinajstić information content (AvgIpc) is 2.53. The lowest BCUT2D eigenvalue weighted by molar-refractivity contribution is 0.0965.